The highest BCUT2D eigenvalue weighted by Crippen LogP contribution is 2.21. The van der Waals surface area contributed by atoms with Crippen LogP contribution >= 0.6 is 0 Å². The summed E-state index contributed by atoms with van der Waals surface area (Å²) in [6.07, 6.45) is 0. The van der Waals surface area contributed by atoms with Gasteiger partial charge in [-0.3, -0.25) is 0 Å². The summed E-state index contributed by atoms with van der Waals surface area (Å²) in [6.45, 7) is 2.57. The summed E-state index contributed by atoms with van der Waals surface area (Å²) in [7, 11) is 1.63. The van der Waals surface area contributed by atoms with Crippen LogP contribution in [0.15, 0.2) is 48.5 Å². The molecule has 2 rings (SSSR count). The van der Waals surface area contributed by atoms with E-state index in [4.69, 9.17) is 9.47 Å². The molecule has 0 saturated heterocycles. The predicted molar refractivity (Wildman–Crippen MR) is 79.5 cm³/mol. The van der Waals surface area contributed by atoms with Gasteiger partial charge in [-0.15, -0.1) is 0 Å². The minimum absolute atomic E-state index is 0.0160. The van der Waals surface area contributed by atoms with Gasteiger partial charge in [0.15, 0.2) is 0 Å². The van der Waals surface area contributed by atoms with E-state index in [1.54, 1.807) is 7.11 Å². The second kappa shape index (κ2) is 6.96. The number of hydrogen-bond acceptors (Lipinski definition) is 3. The Kier molecular flexibility index (Phi) is 5.02. The first-order chi connectivity index (χ1) is 9.72. The topological polar surface area (TPSA) is 38.7 Å². The Hall–Kier alpha value is -2.00. The zero-order valence-corrected chi connectivity index (χ0v) is 11.9. The van der Waals surface area contributed by atoms with Gasteiger partial charge in [0, 0.05) is 5.92 Å². The first kappa shape index (κ1) is 14.4. The Morgan fingerprint density at radius 2 is 1.55 bits per heavy atom. The van der Waals surface area contributed by atoms with Crippen LogP contribution in [-0.4, -0.2) is 25.4 Å². The van der Waals surface area contributed by atoms with Crippen LogP contribution in [0, 0.1) is 6.92 Å². The molecule has 0 spiro atoms. The van der Waals surface area contributed by atoms with Gasteiger partial charge < -0.3 is 14.6 Å². The fourth-order valence-corrected chi connectivity index (χ4v) is 1.96. The third kappa shape index (κ3) is 3.75. The lowest BCUT2D eigenvalue weighted by molar-refractivity contribution is 0.205. The van der Waals surface area contributed by atoms with E-state index in [0.29, 0.717) is 6.61 Å². The van der Waals surface area contributed by atoms with Crippen LogP contribution in [0.5, 0.6) is 11.5 Å². The van der Waals surface area contributed by atoms with Gasteiger partial charge in [-0.1, -0.05) is 29.8 Å². The van der Waals surface area contributed by atoms with Gasteiger partial charge in [-0.2, -0.15) is 0 Å². The van der Waals surface area contributed by atoms with E-state index >= 15 is 0 Å². The van der Waals surface area contributed by atoms with Gasteiger partial charge in [0.2, 0.25) is 0 Å². The van der Waals surface area contributed by atoms with E-state index in [2.05, 4.69) is 0 Å². The molecule has 0 aliphatic carbocycles. The number of aryl methyl sites for hydroxylation is 1. The van der Waals surface area contributed by atoms with Crippen molar-refractivity contribution in [3.05, 3.63) is 59.7 Å². The van der Waals surface area contributed by atoms with Gasteiger partial charge in [0.05, 0.1) is 20.3 Å². The van der Waals surface area contributed by atoms with Crippen LogP contribution in [0.2, 0.25) is 0 Å². The van der Waals surface area contributed by atoms with E-state index in [1.807, 2.05) is 55.5 Å². The Balaban J connectivity index is 1.97. The molecule has 0 saturated carbocycles. The SMILES string of the molecule is COc1ccc(OCC(CO)c2ccc(C)cc2)cc1. The van der Waals surface area contributed by atoms with Crippen LogP contribution in [0.1, 0.15) is 17.0 Å². The van der Waals surface area contributed by atoms with Crippen molar-refractivity contribution < 1.29 is 14.6 Å². The molecule has 20 heavy (non-hydrogen) atoms. The number of rotatable bonds is 6. The molecule has 106 valence electrons. The predicted octanol–water partition coefficient (Wildman–Crippen LogP) is 3.16. The molecule has 0 aliphatic rings. The first-order valence-corrected chi connectivity index (χ1v) is 6.67. The van der Waals surface area contributed by atoms with Crippen LogP contribution < -0.4 is 9.47 Å². The quantitative estimate of drug-likeness (QED) is 0.878. The third-order valence-electron chi connectivity index (χ3n) is 3.28. The molecule has 0 bridgehead atoms. The molecule has 0 aliphatic heterocycles. The molecule has 1 atom stereocenters. The molecule has 2 aromatic rings. The number of methoxy groups -OCH3 is 1. The molecule has 0 amide bonds. The smallest absolute Gasteiger partial charge is 0.119 e. The van der Waals surface area contributed by atoms with Gasteiger partial charge in [-0.25, -0.2) is 0 Å². The van der Waals surface area contributed by atoms with E-state index in [-0.39, 0.29) is 12.5 Å². The fourth-order valence-electron chi connectivity index (χ4n) is 1.96. The largest absolute Gasteiger partial charge is 0.497 e. The van der Waals surface area contributed by atoms with Gasteiger partial charge in [0.1, 0.15) is 11.5 Å². The molecule has 0 aromatic heterocycles. The maximum Gasteiger partial charge on any atom is 0.119 e. The van der Waals surface area contributed by atoms with Crippen molar-refractivity contribution in [3.8, 4) is 11.5 Å². The number of ether oxygens (including phenoxy) is 2. The maximum atomic E-state index is 9.51. The zero-order chi connectivity index (χ0) is 14.4. The molecular weight excluding hydrogens is 252 g/mol. The second-order valence-corrected chi connectivity index (χ2v) is 4.78. The lowest BCUT2D eigenvalue weighted by Gasteiger charge is -2.16. The van der Waals surface area contributed by atoms with Crippen LogP contribution in [0.25, 0.3) is 0 Å². The summed E-state index contributed by atoms with van der Waals surface area (Å²) < 4.78 is 10.8. The average Bonchev–Trinajstić information content (AvgIpc) is 2.50. The summed E-state index contributed by atoms with van der Waals surface area (Å²) in [5, 5.41) is 9.51. The third-order valence-corrected chi connectivity index (χ3v) is 3.28. The second-order valence-electron chi connectivity index (χ2n) is 4.78. The van der Waals surface area contributed by atoms with Crippen molar-refractivity contribution in [2.24, 2.45) is 0 Å². The van der Waals surface area contributed by atoms with E-state index in [9.17, 15) is 5.11 Å². The fraction of sp³-hybridized carbons (Fsp3) is 0.294. The van der Waals surface area contributed by atoms with Gasteiger partial charge in [-0.05, 0) is 36.8 Å². The van der Waals surface area contributed by atoms with E-state index in [1.165, 1.54) is 5.56 Å². The van der Waals surface area contributed by atoms with Crippen LogP contribution in [0.3, 0.4) is 0 Å². The standard InChI is InChI=1S/C17H20O3/c1-13-3-5-14(6-4-13)15(11-18)12-20-17-9-7-16(19-2)8-10-17/h3-10,15,18H,11-12H2,1-2H3. The molecule has 1 N–H and O–H groups in total. The highest BCUT2D eigenvalue weighted by Gasteiger charge is 2.11. The summed E-state index contributed by atoms with van der Waals surface area (Å²) in [6, 6.07) is 15.6. The van der Waals surface area contributed by atoms with Crippen molar-refractivity contribution in [3.63, 3.8) is 0 Å². The Morgan fingerprint density at radius 1 is 0.950 bits per heavy atom. The molecule has 3 heteroatoms. The number of hydrogen-bond donors (Lipinski definition) is 1. The average molecular weight is 272 g/mol. The maximum absolute atomic E-state index is 9.51. The lowest BCUT2D eigenvalue weighted by Crippen LogP contribution is -2.14. The monoisotopic (exact) mass is 272 g/mol. The molecule has 0 radical (unpaired) electrons. The molecule has 2 aromatic carbocycles. The molecule has 0 fully saturated rings. The number of benzene rings is 2. The summed E-state index contributed by atoms with van der Waals surface area (Å²) >= 11 is 0. The summed E-state index contributed by atoms with van der Waals surface area (Å²) in [5.41, 5.74) is 2.30. The molecule has 0 heterocycles. The Bertz CT molecular complexity index is 517. The lowest BCUT2D eigenvalue weighted by atomic mass is 10.00. The minimum Gasteiger partial charge on any atom is -0.497 e. The van der Waals surface area contributed by atoms with Crippen molar-refractivity contribution >= 4 is 0 Å². The zero-order valence-electron chi connectivity index (χ0n) is 11.9. The molecule has 3 nitrogen and oxygen atoms in total. The minimum atomic E-state index is -0.0160. The van der Waals surface area contributed by atoms with Gasteiger partial charge in [0.25, 0.3) is 0 Å². The summed E-state index contributed by atoms with van der Waals surface area (Å²) in [5.74, 6) is 1.56. The highest BCUT2D eigenvalue weighted by molar-refractivity contribution is 5.31. The Labute approximate surface area is 119 Å². The van der Waals surface area contributed by atoms with E-state index in [0.717, 1.165) is 17.1 Å². The number of aliphatic hydroxyl groups excluding tert-OH is 1. The number of aliphatic hydroxyl groups is 1. The van der Waals surface area contributed by atoms with Crippen molar-refractivity contribution in [1.29, 1.82) is 0 Å². The van der Waals surface area contributed by atoms with Crippen molar-refractivity contribution in [2.45, 2.75) is 12.8 Å². The summed E-state index contributed by atoms with van der Waals surface area (Å²) in [4.78, 5) is 0. The normalized spacial score (nSPS) is 11.9. The van der Waals surface area contributed by atoms with E-state index < -0.39 is 0 Å². The highest BCUT2D eigenvalue weighted by atomic mass is 16.5. The Morgan fingerprint density at radius 3 is 2.10 bits per heavy atom. The van der Waals surface area contributed by atoms with Crippen molar-refractivity contribution in [1.82, 2.24) is 0 Å². The van der Waals surface area contributed by atoms with Gasteiger partial charge >= 0.3 is 0 Å². The molecular formula is C17H20O3. The van der Waals surface area contributed by atoms with Crippen molar-refractivity contribution in [2.75, 3.05) is 20.3 Å². The van der Waals surface area contributed by atoms with Crippen LogP contribution in [-0.2, 0) is 0 Å². The van der Waals surface area contributed by atoms with Crippen LogP contribution in [0.4, 0.5) is 0 Å². The molecule has 1 unspecified atom stereocenters. The first-order valence-electron chi connectivity index (χ1n) is 6.67.